The van der Waals surface area contributed by atoms with Gasteiger partial charge in [0, 0.05) is 68.3 Å². The number of methoxy groups -OCH3 is 1. The molecule has 1 fully saturated rings. The molecular formula is C87H78ClN29O10S2. The summed E-state index contributed by atoms with van der Waals surface area (Å²) in [6.07, 6.45) is 14.7. The molecule has 18 rings (SSSR count). The molecular weight excluding hydrogens is 1710 g/mol. The molecule has 1 aliphatic heterocycles. The summed E-state index contributed by atoms with van der Waals surface area (Å²) < 4.78 is 39.7. The lowest BCUT2D eigenvalue weighted by atomic mass is 9.96. The third-order valence-electron chi connectivity index (χ3n) is 18.5. The number of anilines is 4. The third kappa shape index (κ3) is 24.4. The van der Waals surface area contributed by atoms with Gasteiger partial charge in [-0.15, -0.1) is 26.6 Å². The molecule has 1 saturated heterocycles. The summed E-state index contributed by atoms with van der Waals surface area (Å²) >= 11 is 7.43. The largest absolute Gasteiger partial charge is 0.493 e. The van der Waals surface area contributed by atoms with Gasteiger partial charge >= 0.3 is 0 Å². The summed E-state index contributed by atoms with van der Waals surface area (Å²) in [5.74, 6) is 3.17. The number of nitrogens with zero attached hydrogens (tertiary/aromatic N) is 20. The van der Waals surface area contributed by atoms with Gasteiger partial charge in [-0.2, -0.15) is 34.6 Å². The van der Waals surface area contributed by atoms with E-state index in [2.05, 4.69) is 127 Å². The quantitative estimate of drug-likeness (QED) is 0.0257. The Hall–Kier alpha value is -16.7. The molecule has 9 N–H and O–H groups in total. The zero-order chi connectivity index (χ0) is 89.9. The van der Waals surface area contributed by atoms with Gasteiger partial charge < -0.3 is 24.7 Å². The van der Waals surface area contributed by atoms with E-state index in [0.717, 1.165) is 31.8 Å². The lowest BCUT2D eigenvalue weighted by molar-refractivity contribution is -0.121. The minimum Gasteiger partial charge on any atom is -0.493 e. The number of benzene rings is 4. The molecule has 13 aromatic heterocycles. The van der Waals surface area contributed by atoms with Crippen molar-refractivity contribution < 1.29 is 46.7 Å². The van der Waals surface area contributed by atoms with Gasteiger partial charge in [0.25, 0.3) is 17.7 Å². The number of rotatable bonds is 25. The van der Waals surface area contributed by atoms with Crippen LogP contribution in [-0.2, 0) is 30.8 Å². The van der Waals surface area contributed by atoms with Crippen LogP contribution in [0.2, 0.25) is 5.02 Å². The van der Waals surface area contributed by atoms with Gasteiger partial charge in [0.1, 0.15) is 52.5 Å². The molecule has 17 aromatic rings. The number of carbonyl (C=O) groups excluding carboxylic acids is 6. The maximum Gasteiger partial charge on any atom is 0.282 e. The molecule has 0 spiro atoms. The van der Waals surface area contributed by atoms with E-state index < -0.39 is 27.7 Å². The zero-order valence-corrected chi connectivity index (χ0v) is 71.1. The first kappa shape index (κ1) is 88.6. The third-order valence-corrected chi connectivity index (χ3v) is 21.4. The fraction of sp³-hybridized carbons (Fsp3) is 0.126. The number of Topliss-reactive ketones (excluding diaryl/α,β-unsaturated/α-hetero) is 1. The Labute approximate surface area is 743 Å². The standard InChI is InChI=1S/C19H19N5O2S.C18H15N7O2.C17H12ClN7O.C17H16N4O2.C16H16N6O3S/c25-18(23-16-12-21-17(22-16)14-4-1-2-8-20-14)13-6-9-24(10-7-13)19(26)15-5-3-11-27-15;1-27-14-11-25(12-7-3-2-4-8-12)24-15(14)17(26)21-18-20-16(22-23-18)13-9-5-6-10-19-13;18-11-4-3-5-12(10-11)25-9-7-14(24-25)16(26)21-17-20-15(22-23-17)13-6-1-2-8-19-13;1-12-5-4-6-14(9-12)23-11-13(22)10-16-19-17(21-20-16)15-7-2-3-8-18-15;1-22(26(24,25)12-7-3-2-4-8-12)11-14(23)18-16-19-15(20-21-16)13-9-5-6-10-17-13/h1-5,8,11-13H,6-7,9-10H2,(H,21,22)(H,23,25);2-11H,1H3,(H2,20,21,22,23,26);1-10H,(H2,20,21,22,23,26);2-9H,10-11H2,1H3,(H,19,20,21);2-10H,11H2,1H3,(H2,18,19,20,21,23). The summed E-state index contributed by atoms with van der Waals surface area (Å²) in [6.45, 7) is 2.80. The summed E-state index contributed by atoms with van der Waals surface area (Å²) in [5.41, 5.74) is 6.23. The van der Waals surface area contributed by atoms with Crippen molar-refractivity contribution in [1.82, 2.24) is 124 Å². The first-order valence-electron chi connectivity index (χ1n) is 39.4. The fourth-order valence-corrected chi connectivity index (χ4v) is 14.2. The lowest BCUT2D eigenvalue weighted by Crippen LogP contribution is -2.41. The molecule has 4 aromatic carbocycles. The van der Waals surface area contributed by atoms with E-state index in [4.69, 9.17) is 21.1 Å². The smallest absolute Gasteiger partial charge is 0.282 e. The van der Waals surface area contributed by atoms with Crippen LogP contribution >= 0.6 is 22.9 Å². The normalized spacial score (nSPS) is 11.7. The van der Waals surface area contributed by atoms with Gasteiger partial charge in [0.15, 0.2) is 52.0 Å². The highest BCUT2D eigenvalue weighted by Gasteiger charge is 2.30. The number of pyridine rings is 5. The van der Waals surface area contributed by atoms with Gasteiger partial charge in [-0.1, -0.05) is 103 Å². The van der Waals surface area contributed by atoms with E-state index in [1.807, 2.05) is 145 Å². The minimum atomic E-state index is -3.75. The average Bonchev–Trinajstić information content (AvgIpc) is 1.74. The number of halogens is 1. The van der Waals surface area contributed by atoms with Crippen molar-refractivity contribution in [3.05, 3.63) is 306 Å². The molecule has 14 heterocycles. The van der Waals surface area contributed by atoms with Crippen LogP contribution in [0.1, 0.15) is 54.9 Å². The Balaban J connectivity index is 0.000000130. The number of aryl methyl sites for hydroxylation is 1. The van der Waals surface area contributed by atoms with Crippen LogP contribution in [0.15, 0.2) is 278 Å². The van der Waals surface area contributed by atoms with Crippen molar-refractivity contribution >= 4 is 91.9 Å². The first-order chi connectivity index (χ1) is 62.8. The van der Waals surface area contributed by atoms with E-state index >= 15 is 0 Å². The monoisotopic (exact) mass is 1790 g/mol. The number of nitrogens with one attached hydrogen (secondary N) is 9. The summed E-state index contributed by atoms with van der Waals surface area (Å²) in [4.78, 5) is 122. The molecule has 1 aliphatic rings. The highest BCUT2D eigenvalue weighted by atomic mass is 35.5. The number of ketones is 1. The number of ether oxygens (including phenoxy) is 2. The number of amides is 5. The molecule has 42 heteroatoms. The van der Waals surface area contributed by atoms with Gasteiger partial charge in [0.2, 0.25) is 39.7 Å². The number of carbonyl (C=O) groups is 6. The van der Waals surface area contributed by atoms with Gasteiger partial charge in [-0.25, -0.2) is 27.7 Å². The van der Waals surface area contributed by atoms with E-state index in [1.165, 1.54) is 37.6 Å². The lowest BCUT2D eigenvalue weighted by Gasteiger charge is -2.30. The van der Waals surface area contributed by atoms with Crippen LogP contribution in [0.5, 0.6) is 11.5 Å². The predicted octanol–water partition coefficient (Wildman–Crippen LogP) is 11.8. The number of piperidine rings is 1. The second kappa shape index (κ2) is 43.1. The number of hydrogen-bond donors (Lipinski definition) is 9. The average molecular weight is 1790 g/mol. The van der Waals surface area contributed by atoms with Crippen LogP contribution < -0.4 is 30.7 Å². The van der Waals surface area contributed by atoms with Crippen LogP contribution in [0.4, 0.5) is 23.7 Å². The maximum atomic E-state index is 12.6. The number of H-pyrrole nitrogens is 5. The second-order valence-corrected chi connectivity index (χ2v) is 31.1. The number of likely N-dealkylation sites (tertiary alicyclic amines) is 1. The number of hydrogen-bond acceptors (Lipinski definition) is 27. The van der Waals surface area contributed by atoms with Crippen molar-refractivity contribution in [2.75, 3.05) is 61.7 Å². The summed E-state index contributed by atoms with van der Waals surface area (Å²) in [7, 11) is -0.936. The molecule has 650 valence electrons. The van der Waals surface area contributed by atoms with Crippen LogP contribution in [0, 0.1) is 12.8 Å². The highest BCUT2D eigenvalue weighted by Crippen LogP contribution is 2.27. The Morgan fingerprint density at radius 2 is 1.11 bits per heavy atom. The topological polar surface area (TPSA) is 505 Å². The van der Waals surface area contributed by atoms with E-state index in [-0.39, 0.29) is 77.2 Å². The van der Waals surface area contributed by atoms with Crippen molar-refractivity contribution in [2.24, 2.45) is 5.92 Å². The van der Waals surface area contributed by atoms with Crippen LogP contribution in [0.3, 0.4) is 0 Å². The molecule has 0 bridgehead atoms. The Morgan fingerprint density at radius 3 is 1.67 bits per heavy atom. The molecule has 0 saturated carbocycles. The molecule has 39 nitrogen and oxygen atoms in total. The number of thiophene rings is 1. The molecule has 5 amide bonds. The van der Waals surface area contributed by atoms with E-state index in [1.54, 1.807) is 138 Å². The molecule has 0 aliphatic carbocycles. The van der Waals surface area contributed by atoms with Gasteiger partial charge in [0.05, 0.1) is 53.6 Å². The zero-order valence-electron chi connectivity index (χ0n) is 68.7. The van der Waals surface area contributed by atoms with Crippen LogP contribution in [-0.4, -0.2) is 209 Å². The number of likely N-dealkylation sites (N-methyl/N-ethyl adjacent to an activating group) is 1. The van der Waals surface area contributed by atoms with Crippen molar-refractivity contribution in [3.63, 3.8) is 0 Å². The Morgan fingerprint density at radius 1 is 0.550 bits per heavy atom. The van der Waals surface area contributed by atoms with E-state index in [9.17, 15) is 37.2 Å². The van der Waals surface area contributed by atoms with Gasteiger partial charge in [-0.3, -0.25) is 90.0 Å². The van der Waals surface area contributed by atoms with Gasteiger partial charge in [-0.05, 0) is 158 Å². The van der Waals surface area contributed by atoms with E-state index in [0.29, 0.717) is 106 Å². The summed E-state index contributed by atoms with van der Waals surface area (Å²) in [6, 6.07) is 64.6. The van der Waals surface area contributed by atoms with Crippen LogP contribution in [0.25, 0.3) is 69.0 Å². The second-order valence-electron chi connectivity index (χ2n) is 27.7. The SMILES string of the molecule is CN(CC(=O)Nc1n[nH]c(-c2ccccn2)n1)S(=O)(=O)c1ccccc1.COc1cn(-c2ccccc2)nc1C(=O)Nc1n[nH]c(-c2ccccn2)n1.Cc1cccc(OCC(=O)Cc2nc(-c3ccccn3)n[nH]2)c1.O=C(Nc1cnc(-c2ccccn2)[nH]1)C1CCN(C(=O)c2cccs2)CC1.O=C(Nc1n[nH]c(-c2ccccn2)n1)c1ccn(-c2cccc(Cl)c2)n1. The van der Waals surface area contributed by atoms with Crippen molar-refractivity contribution in [3.8, 4) is 80.5 Å². The number of sulfonamides is 1. The molecule has 0 radical (unpaired) electrons. The Bertz CT molecular complexity index is 6680. The first-order valence-corrected chi connectivity index (χ1v) is 42.1. The predicted molar refractivity (Wildman–Crippen MR) is 477 cm³/mol. The fourth-order valence-electron chi connectivity index (χ4n) is 12.2. The number of imidazole rings is 1. The summed E-state index contributed by atoms with van der Waals surface area (Å²) in [5, 5.41) is 48.5. The number of aromatic nitrogens is 23. The Kier molecular flexibility index (Phi) is 29.6. The van der Waals surface area contributed by atoms with Crippen molar-refractivity contribution in [2.45, 2.75) is 31.1 Å². The molecule has 0 atom stereocenters. The maximum absolute atomic E-state index is 12.6. The van der Waals surface area contributed by atoms with Crippen molar-refractivity contribution in [1.29, 1.82) is 0 Å². The number of para-hydroxylation sites is 1. The highest BCUT2D eigenvalue weighted by molar-refractivity contribution is 7.89. The molecule has 129 heavy (non-hydrogen) atoms. The minimum absolute atomic E-state index is 0.00305. The number of aromatic amines is 5. The molecule has 0 unspecified atom stereocenters.